The highest BCUT2D eigenvalue weighted by atomic mass is 32.2. The van der Waals surface area contributed by atoms with Gasteiger partial charge in [0.15, 0.2) is 0 Å². The minimum Gasteiger partial charge on any atom is -0.386 e. The molecule has 6 nitrogen and oxygen atoms in total. The molecule has 0 heterocycles. The van der Waals surface area contributed by atoms with Gasteiger partial charge in [0, 0.05) is 6.04 Å². The topological polar surface area (TPSA) is 108 Å². The zero-order valence-electron chi connectivity index (χ0n) is 11.1. The van der Waals surface area contributed by atoms with Gasteiger partial charge in [-0.15, -0.1) is 0 Å². The molecule has 0 aromatic heterocycles. The lowest BCUT2D eigenvalue weighted by molar-refractivity contribution is 0.428. The second-order valence-corrected chi connectivity index (χ2v) is 6.73. The molecule has 1 fully saturated rings. The molecule has 1 aliphatic carbocycles. The van der Waals surface area contributed by atoms with Crippen LogP contribution >= 0.6 is 0 Å². The third kappa shape index (κ3) is 4.22. The summed E-state index contributed by atoms with van der Waals surface area (Å²) in [5.74, 6) is -0.0847. The van der Waals surface area contributed by atoms with E-state index in [1.165, 1.54) is 0 Å². The van der Waals surface area contributed by atoms with Crippen molar-refractivity contribution in [1.29, 1.82) is 5.41 Å². The van der Waals surface area contributed by atoms with Crippen LogP contribution in [0.2, 0.25) is 0 Å². The third-order valence-electron chi connectivity index (χ3n) is 3.19. The van der Waals surface area contributed by atoms with Crippen molar-refractivity contribution in [3.63, 3.8) is 0 Å². The molecule has 1 rings (SSSR count). The molecule has 0 bridgehead atoms. The van der Waals surface area contributed by atoms with E-state index in [4.69, 9.17) is 11.1 Å². The van der Waals surface area contributed by atoms with Crippen LogP contribution in [0.4, 0.5) is 0 Å². The van der Waals surface area contributed by atoms with Crippen LogP contribution in [0.3, 0.4) is 0 Å². The van der Waals surface area contributed by atoms with Gasteiger partial charge in [0.05, 0.1) is 5.54 Å². The lowest BCUT2D eigenvalue weighted by atomic mass is 9.90. The monoisotopic (exact) mass is 276 g/mol. The van der Waals surface area contributed by atoms with Crippen LogP contribution < -0.4 is 15.2 Å². The number of hydrogen-bond acceptors (Lipinski definition) is 3. The molecule has 106 valence electrons. The van der Waals surface area contributed by atoms with Crippen molar-refractivity contribution in [2.24, 2.45) is 5.73 Å². The average Bonchev–Trinajstić information content (AvgIpc) is 2.41. The second-order valence-electron chi connectivity index (χ2n) is 5.29. The maximum absolute atomic E-state index is 12.0. The first-order chi connectivity index (χ1) is 8.27. The van der Waals surface area contributed by atoms with Gasteiger partial charge in [0.1, 0.15) is 5.84 Å². The van der Waals surface area contributed by atoms with E-state index in [1.54, 1.807) is 13.8 Å². The molecule has 5 N–H and O–H groups in total. The molecule has 0 aromatic carbocycles. The number of hydrogen-bond donors (Lipinski definition) is 4. The van der Waals surface area contributed by atoms with Crippen molar-refractivity contribution < 1.29 is 8.42 Å². The normalized spacial score (nSPS) is 20.6. The molecule has 0 spiro atoms. The standard InChI is InChI=1S/C11H24N4O2S/c1-9(2)14-18(16,17)15-11(10(12)13)7-5-3-4-6-8-11/h9,14-15H,3-8H2,1-2H3,(H3,12,13). The quantitative estimate of drug-likeness (QED) is 0.339. The van der Waals surface area contributed by atoms with Gasteiger partial charge in [-0.2, -0.15) is 17.9 Å². The van der Waals surface area contributed by atoms with Crippen molar-refractivity contribution in [2.75, 3.05) is 0 Å². The maximum atomic E-state index is 12.0. The highest BCUT2D eigenvalue weighted by Crippen LogP contribution is 2.27. The van der Waals surface area contributed by atoms with E-state index in [2.05, 4.69) is 9.44 Å². The van der Waals surface area contributed by atoms with Gasteiger partial charge < -0.3 is 5.73 Å². The highest BCUT2D eigenvalue weighted by Gasteiger charge is 2.38. The van der Waals surface area contributed by atoms with Gasteiger partial charge in [-0.1, -0.05) is 25.7 Å². The van der Waals surface area contributed by atoms with Crippen LogP contribution in [0.25, 0.3) is 0 Å². The third-order valence-corrected chi connectivity index (χ3v) is 4.63. The number of rotatable bonds is 5. The van der Waals surface area contributed by atoms with E-state index in [1.807, 2.05) is 0 Å². The molecule has 0 atom stereocenters. The molecule has 7 heteroatoms. The van der Waals surface area contributed by atoms with Gasteiger partial charge >= 0.3 is 0 Å². The van der Waals surface area contributed by atoms with Gasteiger partial charge in [-0.05, 0) is 26.7 Å². The van der Waals surface area contributed by atoms with Crippen molar-refractivity contribution in [3.8, 4) is 0 Å². The molecule has 1 saturated carbocycles. The first-order valence-electron chi connectivity index (χ1n) is 6.43. The summed E-state index contributed by atoms with van der Waals surface area (Å²) in [4.78, 5) is 0. The minimum absolute atomic E-state index is 0.0847. The SMILES string of the molecule is CC(C)NS(=O)(=O)NC1(C(=N)N)CCCCCC1. The second kappa shape index (κ2) is 5.99. The summed E-state index contributed by atoms with van der Waals surface area (Å²) in [5.41, 5.74) is 4.73. The number of amidine groups is 1. The molecule has 18 heavy (non-hydrogen) atoms. The molecule has 0 saturated heterocycles. The zero-order valence-corrected chi connectivity index (χ0v) is 11.9. The van der Waals surface area contributed by atoms with E-state index in [9.17, 15) is 8.42 Å². The van der Waals surface area contributed by atoms with E-state index >= 15 is 0 Å². The lowest BCUT2D eigenvalue weighted by Gasteiger charge is -2.32. The van der Waals surface area contributed by atoms with E-state index in [0.29, 0.717) is 12.8 Å². The molecule has 0 aromatic rings. The fraction of sp³-hybridized carbons (Fsp3) is 0.909. The van der Waals surface area contributed by atoms with Crippen molar-refractivity contribution in [3.05, 3.63) is 0 Å². The van der Waals surface area contributed by atoms with Gasteiger partial charge in [-0.25, -0.2) is 0 Å². The number of nitrogens with one attached hydrogen (secondary N) is 3. The van der Waals surface area contributed by atoms with Crippen LogP contribution in [0.15, 0.2) is 0 Å². The van der Waals surface area contributed by atoms with Crippen LogP contribution in [0, 0.1) is 5.41 Å². The fourth-order valence-corrected chi connectivity index (χ4v) is 3.86. The summed E-state index contributed by atoms with van der Waals surface area (Å²) in [5, 5.41) is 7.72. The molecule has 0 unspecified atom stereocenters. The first kappa shape index (κ1) is 15.4. The smallest absolute Gasteiger partial charge is 0.278 e. The Morgan fingerprint density at radius 1 is 1.22 bits per heavy atom. The van der Waals surface area contributed by atoms with Crippen molar-refractivity contribution in [2.45, 2.75) is 64.0 Å². The van der Waals surface area contributed by atoms with E-state index < -0.39 is 15.7 Å². The zero-order chi connectivity index (χ0) is 13.8. The van der Waals surface area contributed by atoms with Crippen molar-refractivity contribution in [1.82, 2.24) is 9.44 Å². The number of nitrogens with two attached hydrogens (primary N) is 1. The van der Waals surface area contributed by atoms with Gasteiger partial charge in [0.25, 0.3) is 10.2 Å². The molecule has 0 radical (unpaired) electrons. The van der Waals surface area contributed by atoms with Gasteiger partial charge in [0.2, 0.25) is 0 Å². The van der Waals surface area contributed by atoms with Gasteiger partial charge in [-0.3, -0.25) is 5.41 Å². The largest absolute Gasteiger partial charge is 0.386 e. The fourth-order valence-electron chi connectivity index (χ4n) is 2.36. The summed E-state index contributed by atoms with van der Waals surface area (Å²) >= 11 is 0. The summed E-state index contributed by atoms with van der Waals surface area (Å²) in [6.45, 7) is 3.51. The predicted molar refractivity (Wildman–Crippen MR) is 72.7 cm³/mol. The minimum atomic E-state index is -3.62. The Balaban J connectivity index is 2.88. The molecule has 0 aliphatic heterocycles. The Morgan fingerprint density at radius 3 is 2.11 bits per heavy atom. The lowest BCUT2D eigenvalue weighted by Crippen LogP contribution is -2.59. The van der Waals surface area contributed by atoms with E-state index in [-0.39, 0.29) is 11.9 Å². The Morgan fingerprint density at radius 2 is 1.72 bits per heavy atom. The summed E-state index contributed by atoms with van der Waals surface area (Å²) < 4.78 is 29.0. The Bertz CT molecular complexity index is 384. The molecule has 0 amide bonds. The Hall–Kier alpha value is -0.660. The highest BCUT2D eigenvalue weighted by molar-refractivity contribution is 7.87. The molecular weight excluding hydrogens is 252 g/mol. The predicted octanol–water partition coefficient (Wildman–Crippen LogP) is 0.848. The van der Waals surface area contributed by atoms with E-state index in [0.717, 1.165) is 25.7 Å². The summed E-state index contributed by atoms with van der Waals surface area (Å²) in [6, 6.07) is -0.183. The maximum Gasteiger partial charge on any atom is 0.278 e. The first-order valence-corrected chi connectivity index (χ1v) is 7.91. The Labute approximate surface area is 109 Å². The summed E-state index contributed by atoms with van der Waals surface area (Å²) in [7, 11) is -3.62. The van der Waals surface area contributed by atoms with Crippen LogP contribution in [0.5, 0.6) is 0 Å². The molecular formula is C11H24N4O2S. The van der Waals surface area contributed by atoms with Crippen molar-refractivity contribution >= 4 is 16.0 Å². The molecule has 1 aliphatic rings. The van der Waals surface area contributed by atoms with Crippen LogP contribution in [-0.2, 0) is 10.2 Å². The van der Waals surface area contributed by atoms with Crippen LogP contribution in [0.1, 0.15) is 52.4 Å². The van der Waals surface area contributed by atoms with Crippen LogP contribution in [-0.4, -0.2) is 25.8 Å². The Kier molecular flexibility index (Phi) is 5.12. The average molecular weight is 276 g/mol. The summed E-state index contributed by atoms with van der Waals surface area (Å²) in [6.07, 6.45) is 5.11.